The van der Waals surface area contributed by atoms with Crippen LogP contribution in [0.25, 0.3) is 0 Å². The SMILES string of the molecule is COC(=O)c1ccc(Cl)c(NC(=O)N2CCCC2)c1. The van der Waals surface area contributed by atoms with Gasteiger partial charge in [0.25, 0.3) is 0 Å². The van der Waals surface area contributed by atoms with Crippen LogP contribution in [0, 0.1) is 0 Å². The number of carbonyl (C=O) groups is 2. The number of nitrogens with zero attached hydrogens (tertiary/aromatic N) is 1. The minimum atomic E-state index is -0.465. The summed E-state index contributed by atoms with van der Waals surface area (Å²) in [6.07, 6.45) is 2.03. The second kappa shape index (κ2) is 5.93. The van der Waals surface area contributed by atoms with Gasteiger partial charge in [-0.15, -0.1) is 0 Å². The van der Waals surface area contributed by atoms with Crippen LogP contribution < -0.4 is 5.32 Å². The molecule has 2 rings (SSSR count). The van der Waals surface area contributed by atoms with E-state index in [0.29, 0.717) is 16.3 Å². The highest BCUT2D eigenvalue weighted by atomic mass is 35.5. The zero-order chi connectivity index (χ0) is 13.8. The zero-order valence-electron chi connectivity index (χ0n) is 10.6. The summed E-state index contributed by atoms with van der Waals surface area (Å²) in [5.74, 6) is -0.465. The van der Waals surface area contributed by atoms with E-state index in [0.717, 1.165) is 25.9 Å². The van der Waals surface area contributed by atoms with E-state index >= 15 is 0 Å². The molecule has 1 N–H and O–H groups in total. The Balaban J connectivity index is 2.14. The van der Waals surface area contributed by atoms with E-state index in [4.69, 9.17) is 11.6 Å². The third kappa shape index (κ3) is 3.17. The van der Waals surface area contributed by atoms with Gasteiger partial charge in [-0.1, -0.05) is 11.6 Å². The smallest absolute Gasteiger partial charge is 0.337 e. The van der Waals surface area contributed by atoms with Crippen molar-refractivity contribution in [2.24, 2.45) is 0 Å². The van der Waals surface area contributed by atoms with E-state index in [1.165, 1.54) is 13.2 Å². The number of hydrogen-bond donors (Lipinski definition) is 1. The second-order valence-electron chi connectivity index (χ2n) is 4.31. The number of benzene rings is 1. The first-order valence-electron chi connectivity index (χ1n) is 6.05. The monoisotopic (exact) mass is 282 g/mol. The van der Waals surface area contributed by atoms with Crippen LogP contribution >= 0.6 is 11.6 Å². The maximum Gasteiger partial charge on any atom is 0.337 e. The van der Waals surface area contributed by atoms with Crippen LogP contribution in [-0.4, -0.2) is 37.1 Å². The van der Waals surface area contributed by atoms with Gasteiger partial charge < -0.3 is 15.0 Å². The summed E-state index contributed by atoms with van der Waals surface area (Å²) in [5, 5.41) is 3.11. The Bertz CT molecular complexity index is 499. The minimum Gasteiger partial charge on any atom is -0.465 e. The Kier molecular flexibility index (Phi) is 4.27. The molecule has 1 aliphatic heterocycles. The fraction of sp³-hybridized carbons (Fsp3) is 0.385. The largest absolute Gasteiger partial charge is 0.465 e. The molecule has 1 saturated heterocycles. The molecule has 0 bridgehead atoms. The van der Waals surface area contributed by atoms with Crippen molar-refractivity contribution < 1.29 is 14.3 Å². The Morgan fingerprint density at radius 2 is 2.00 bits per heavy atom. The number of ether oxygens (including phenoxy) is 1. The van der Waals surface area contributed by atoms with E-state index in [2.05, 4.69) is 10.1 Å². The Labute approximate surface area is 116 Å². The average Bonchev–Trinajstić information content (AvgIpc) is 2.94. The molecule has 0 aliphatic carbocycles. The molecule has 0 spiro atoms. The Morgan fingerprint density at radius 1 is 1.32 bits per heavy atom. The van der Waals surface area contributed by atoms with Gasteiger partial charge in [0.1, 0.15) is 0 Å². The van der Waals surface area contributed by atoms with Crippen molar-refractivity contribution in [1.29, 1.82) is 0 Å². The standard InChI is InChI=1S/C13H15ClN2O3/c1-19-12(17)9-4-5-10(14)11(8-9)15-13(18)16-6-2-3-7-16/h4-5,8H,2-3,6-7H2,1H3,(H,15,18). The predicted octanol–water partition coefficient (Wildman–Crippen LogP) is 2.75. The van der Waals surface area contributed by atoms with Gasteiger partial charge in [-0.25, -0.2) is 9.59 Å². The van der Waals surface area contributed by atoms with E-state index in [9.17, 15) is 9.59 Å². The van der Waals surface area contributed by atoms with Crippen LogP contribution in [0.5, 0.6) is 0 Å². The van der Waals surface area contributed by atoms with Gasteiger partial charge in [-0.05, 0) is 31.0 Å². The Hall–Kier alpha value is -1.75. The van der Waals surface area contributed by atoms with Gasteiger partial charge in [0.15, 0.2) is 0 Å². The summed E-state index contributed by atoms with van der Waals surface area (Å²) >= 11 is 6.01. The molecule has 1 aromatic rings. The first-order valence-corrected chi connectivity index (χ1v) is 6.43. The summed E-state index contributed by atoms with van der Waals surface area (Å²) < 4.78 is 4.63. The molecule has 6 heteroatoms. The molecule has 2 amide bonds. The number of carbonyl (C=O) groups excluding carboxylic acids is 2. The summed E-state index contributed by atoms with van der Waals surface area (Å²) in [6.45, 7) is 1.50. The van der Waals surface area contributed by atoms with Crippen LogP contribution in [-0.2, 0) is 4.74 Å². The molecule has 0 unspecified atom stereocenters. The lowest BCUT2D eigenvalue weighted by atomic mass is 10.2. The molecule has 0 atom stereocenters. The molecule has 19 heavy (non-hydrogen) atoms. The molecule has 1 aromatic carbocycles. The van der Waals surface area contributed by atoms with E-state index in [-0.39, 0.29) is 6.03 Å². The topological polar surface area (TPSA) is 58.6 Å². The quantitative estimate of drug-likeness (QED) is 0.849. The van der Waals surface area contributed by atoms with Crippen molar-refractivity contribution in [3.63, 3.8) is 0 Å². The number of halogens is 1. The maximum absolute atomic E-state index is 12.0. The first-order chi connectivity index (χ1) is 9.11. The third-order valence-electron chi connectivity index (χ3n) is 3.02. The Morgan fingerprint density at radius 3 is 2.63 bits per heavy atom. The molecule has 0 radical (unpaired) electrons. The molecular formula is C13H15ClN2O3. The fourth-order valence-corrected chi connectivity index (χ4v) is 2.15. The number of likely N-dealkylation sites (tertiary alicyclic amines) is 1. The molecule has 0 aromatic heterocycles. The summed E-state index contributed by atoms with van der Waals surface area (Å²) in [5.41, 5.74) is 0.769. The van der Waals surface area contributed by atoms with Crippen molar-refractivity contribution in [2.45, 2.75) is 12.8 Å². The van der Waals surface area contributed by atoms with Crippen LogP contribution in [0.2, 0.25) is 5.02 Å². The summed E-state index contributed by atoms with van der Waals surface area (Å²) in [4.78, 5) is 25.1. The lowest BCUT2D eigenvalue weighted by Gasteiger charge is -2.17. The fourth-order valence-electron chi connectivity index (χ4n) is 1.98. The lowest BCUT2D eigenvalue weighted by molar-refractivity contribution is 0.0600. The van der Waals surface area contributed by atoms with Gasteiger partial charge in [-0.2, -0.15) is 0 Å². The van der Waals surface area contributed by atoms with Crippen LogP contribution in [0.4, 0.5) is 10.5 Å². The molecule has 0 saturated carbocycles. The van der Waals surface area contributed by atoms with Gasteiger partial charge >= 0.3 is 12.0 Å². The van der Waals surface area contributed by atoms with Crippen LogP contribution in [0.1, 0.15) is 23.2 Å². The molecule has 1 aliphatic rings. The third-order valence-corrected chi connectivity index (χ3v) is 3.35. The number of rotatable bonds is 2. The highest BCUT2D eigenvalue weighted by Gasteiger charge is 2.19. The van der Waals surface area contributed by atoms with Crippen molar-refractivity contribution in [2.75, 3.05) is 25.5 Å². The highest BCUT2D eigenvalue weighted by molar-refractivity contribution is 6.33. The predicted molar refractivity (Wildman–Crippen MR) is 72.6 cm³/mol. The summed E-state index contributed by atoms with van der Waals surface area (Å²) in [6, 6.07) is 4.44. The van der Waals surface area contributed by atoms with Crippen LogP contribution in [0.15, 0.2) is 18.2 Å². The number of hydrogen-bond acceptors (Lipinski definition) is 3. The van der Waals surface area contributed by atoms with Crippen molar-refractivity contribution in [3.8, 4) is 0 Å². The summed E-state index contributed by atoms with van der Waals surface area (Å²) in [7, 11) is 1.30. The van der Waals surface area contributed by atoms with Crippen molar-refractivity contribution >= 4 is 29.3 Å². The number of methoxy groups -OCH3 is 1. The lowest BCUT2D eigenvalue weighted by Crippen LogP contribution is -2.32. The van der Waals surface area contributed by atoms with E-state index in [1.54, 1.807) is 17.0 Å². The molecular weight excluding hydrogens is 268 g/mol. The molecule has 1 heterocycles. The number of esters is 1. The van der Waals surface area contributed by atoms with Gasteiger partial charge in [0.2, 0.25) is 0 Å². The highest BCUT2D eigenvalue weighted by Crippen LogP contribution is 2.24. The molecule has 1 fully saturated rings. The number of nitrogens with one attached hydrogen (secondary N) is 1. The zero-order valence-corrected chi connectivity index (χ0v) is 11.4. The van der Waals surface area contributed by atoms with Crippen LogP contribution in [0.3, 0.4) is 0 Å². The van der Waals surface area contributed by atoms with E-state index < -0.39 is 5.97 Å². The normalized spacial score (nSPS) is 14.3. The molecule has 5 nitrogen and oxygen atoms in total. The molecule has 102 valence electrons. The van der Waals surface area contributed by atoms with Gasteiger partial charge in [0, 0.05) is 13.1 Å². The number of amides is 2. The first kappa shape index (κ1) is 13.7. The van der Waals surface area contributed by atoms with Gasteiger partial charge in [0.05, 0.1) is 23.4 Å². The number of anilines is 1. The second-order valence-corrected chi connectivity index (χ2v) is 4.72. The van der Waals surface area contributed by atoms with Gasteiger partial charge in [-0.3, -0.25) is 0 Å². The van der Waals surface area contributed by atoms with Crippen molar-refractivity contribution in [3.05, 3.63) is 28.8 Å². The maximum atomic E-state index is 12.0. The van der Waals surface area contributed by atoms with E-state index in [1.807, 2.05) is 0 Å². The minimum absolute atomic E-state index is 0.193. The van der Waals surface area contributed by atoms with Crippen molar-refractivity contribution in [1.82, 2.24) is 4.90 Å². The number of urea groups is 1. The average molecular weight is 283 g/mol.